The van der Waals surface area contributed by atoms with Crippen molar-refractivity contribution in [3.05, 3.63) is 23.8 Å². The first-order valence-electron chi connectivity index (χ1n) is 12.4. The highest BCUT2D eigenvalue weighted by Crippen LogP contribution is 2.60. The molecule has 0 spiro atoms. The van der Waals surface area contributed by atoms with Gasteiger partial charge in [0.2, 0.25) is 0 Å². The molecule has 0 bridgehead atoms. The second-order valence-electron chi connectivity index (χ2n) is 11.6. The first kappa shape index (κ1) is 23.1. The Labute approximate surface area is 179 Å². The number of aliphatic hydroxyl groups is 2. The molecule has 0 aliphatic heterocycles. The van der Waals surface area contributed by atoms with Crippen LogP contribution in [0.2, 0.25) is 0 Å². The Morgan fingerprint density at radius 3 is 2.69 bits per heavy atom. The molecular formula is C27H46O2. The normalized spacial score (nSPS) is 38.3. The van der Waals surface area contributed by atoms with E-state index in [9.17, 15) is 10.2 Å². The Balaban J connectivity index is 1.58. The number of hydrogen-bond donors (Lipinski definition) is 2. The van der Waals surface area contributed by atoms with Crippen molar-refractivity contribution in [1.29, 1.82) is 0 Å². The van der Waals surface area contributed by atoms with Crippen molar-refractivity contribution in [2.24, 2.45) is 29.1 Å². The Bertz CT molecular complexity index is 598. The van der Waals surface area contributed by atoms with Crippen LogP contribution in [0.3, 0.4) is 0 Å². The smallest absolute Gasteiger partial charge is 0.0784 e. The summed E-state index contributed by atoms with van der Waals surface area (Å²) in [6.45, 7) is 13.0. The zero-order valence-corrected chi connectivity index (χ0v) is 19.6. The Morgan fingerprint density at radius 1 is 1.24 bits per heavy atom. The van der Waals surface area contributed by atoms with Crippen molar-refractivity contribution in [3.8, 4) is 0 Å². The molecule has 0 heterocycles. The average Bonchev–Trinajstić information content (AvgIpc) is 2.99. The number of rotatable bonds is 7. The third-order valence-corrected chi connectivity index (χ3v) is 8.88. The molecule has 1 unspecified atom stereocenters. The van der Waals surface area contributed by atoms with E-state index in [1.54, 1.807) is 0 Å². The summed E-state index contributed by atoms with van der Waals surface area (Å²) >= 11 is 0. The second kappa shape index (κ2) is 9.27. The van der Waals surface area contributed by atoms with Gasteiger partial charge in [-0.15, -0.1) is 0 Å². The van der Waals surface area contributed by atoms with Gasteiger partial charge in [-0.25, -0.2) is 0 Å². The molecule has 0 aromatic heterocycles. The lowest BCUT2D eigenvalue weighted by Gasteiger charge is -2.47. The lowest BCUT2D eigenvalue weighted by molar-refractivity contribution is 0.0260. The highest BCUT2D eigenvalue weighted by molar-refractivity contribution is 5.19. The summed E-state index contributed by atoms with van der Waals surface area (Å²) in [4.78, 5) is 0. The van der Waals surface area contributed by atoms with Crippen molar-refractivity contribution < 1.29 is 10.2 Å². The molecule has 0 radical (unpaired) electrons. The van der Waals surface area contributed by atoms with E-state index in [-0.39, 0.29) is 6.10 Å². The fraction of sp³-hybridized carbons (Fsp3) is 0.852. The van der Waals surface area contributed by atoms with Crippen LogP contribution in [0.25, 0.3) is 0 Å². The molecule has 3 rings (SSSR count). The Morgan fingerprint density at radius 2 is 2.00 bits per heavy atom. The van der Waals surface area contributed by atoms with Crippen molar-refractivity contribution in [3.63, 3.8) is 0 Å². The molecule has 29 heavy (non-hydrogen) atoms. The summed E-state index contributed by atoms with van der Waals surface area (Å²) in [7, 11) is 0. The van der Waals surface area contributed by atoms with Gasteiger partial charge in [0.1, 0.15) is 0 Å². The summed E-state index contributed by atoms with van der Waals surface area (Å²) in [5, 5.41) is 20.2. The largest absolute Gasteiger partial charge is 0.390 e. The summed E-state index contributed by atoms with van der Waals surface area (Å²) < 4.78 is 0. The van der Waals surface area contributed by atoms with Gasteiger partial charge in [0.15, 0.2) is 0 Å². The van der Waals surface area contributed by atoms with Gasteiger partial charge in [0.05, 0.1) is 11.7 Å². The molecule has 0 amide bonds. The van der Waals surface area contributed by atoms with Gasteiger partial charge in [-0.3, -0.25) is 0 Å². The maximum absolute atomic E-state index is 10.1. The second-order valence-corrected chi connectivity index (χ2v) is 11.6. The molecule has 3 aliphatic rings. The highest BCUT2D eigenvalue weighted by atomic mass is 16.3. The van der Waals surface area contributed by atoms with Gasteiger partial charge in [-0.2, -0.15) is 0 Å². The number of aliphatic hydroxyl groups excluding tert-OH is 1. The van der Waals surface area contributed by atoms with E-state index in [0.29, 0.717) is 5.41 Å². The van der Waals surface area contributed by atoms with Gasteiger partial charge in [0.25, 0.3) is 0 Å². The fourth-order valence-corrected chi connectivity index (χ4v) is 7.15. The molecular weight excluding hydrogens is 356 g/mol. The molecule has 3 saturated carbocycles. The lowest BCUT2D eigenvalue weighted by atomic mass is 9.58. The quantitative estimate of drug-likeness (QED) is 0.459. The third-order valence-electron chi connectivity index (χ3n) is 8.88. The van der Waals surface area contributed by atoms with Crippen molar-refractivity contribution in [1.82, 2.24) is 0 Å². The number of hydrogen-bond acceptors (Lipinski definition) is 2. The predicted octanol–water partition coefficient (Wildman–Crippen LogP) is 6.81. The van der Waals surface area contributed by atoms with Crippen molar-refractivity contribution in [2.45, 2.75) is 116 Å². The molecule has 0 aromatic carbocycles. The lowest BCUT2D eigenvalue weighted by Crippen LogP contribution is -2.39. The van der Waals surface area contributed by atoms with E-state index in [1.807, 2.05) is 13.8 Å². The van der Waals surface area contributed by atoms with Crippen molar-refractivity contribution >= 4 is 0 Å². The topological polar surface area (TPSA) is 40.5 Å². The van der Waals surface area contributed by atoms with E-state index >= 15 is 0 Å². The zero-order chi connectivity index (χ0) is 21.2. The van der Waals surface area contributed by atoms with Crippen LogP contribution in [0.15, 0.2) is 23.8 Å². The van der Waals surface area contributed by atoms with Crippen LogP contribution in [-0.2, 0) is 0 Å². The van der Waals surface area contributed by atoms with E-state index in [1.165, 1.54) is 50.5 Å². The minimum absolute atomic E-state index is 0.313. The molecule has 3 fully saturated rings. The monoisotopic (exact) mass is 402 g/mol. The predicted molar refractivity (Wildman–Crippen MR) is 123 cm³/mol. The number of fused-ring (bicyclic) bond motifs is 1. The number of allylic oxidation sites excluding steroid dienone is 1. The highest BCUT2D eigenvalue weighted by Gasteiger charge is 2.51. The fourth-order valence-electron chi connectivity index (χ4n) is 7.15. The van der Waals surface area contributed by atoms with Gasteiger partial charge in [-0.1, -0.05) is 51.3 Å². The zero-order valence-electron chi connectivity index (χ0n) is 19.6. The molecule has 2 heteroatoms. The molecule has 0 saturated heterocycles. The van der Waals surface area contributed by atoms with Crippen LogP contribution in [0, 0.1) is 29.1 Å². The molecule has 166 valence electrons. The summed E-state index contributed by atoms with van der Waals surface area (Å²) in [5.41, 5.74) is 2.47. The molecule has 2 nitrogen and oxygen atoms in total. The Hall–Kier alpha value is -0.600. The van der Waals surface area contributed by atoms with Crippen LogP contribution < -0.4 is 0 Å². The SMILES string of the molecule is C=C1CC/C(=C/CC2CCC[C@]3(C)[C@@H]([C@H](C)CCCC(C)(C)O)CC[C@@H]23)C[C@H]1O. The standard InChI is InChI=1S/C27H46O2/c1-19(8-6-16-26(3,4)29)23-14-15-24-22(9-7-17-27(23,24)5)13-12-21-11-10-20(2)25(28)18-21/h12,19,22-25,28-29H,2,6-11,13-18H2,1,3-5H3/b21-12-/t19-,22?,23-,24+,25-,27-/m1/s1. The van der Waals surface area contributed by atoms with Crippen LogP contribution in [-0.4, -0.2) is 21.9 Å². The first-order chi connectivity index (χ1) is 13.6. The minimum Gasteiger partial charge on any atom is -0.390 e. The van der Waals surface area contributed by atoms with Gasteiger partial charge >= 0.3 is 0 Å². The van der Waals surface area contributed by atoms with E-state index in [0.717, 1.165) is 61.3 Å². The third kappa shape index (κ3) is 5.56. The Kier molecular flexibility index (Phi) is 7.37. The van der Waals surface area contributed by atoms with Gasteiger partial charge in [0, 0.05) is 0 Å². The average molecular weight is 403 g/mol. The van der Waals surface area contributed by atoms with Crippen molar-refractivity contribution in [2.75, 3.05) is 0 Å². The van der Waals surface area contributed by atoms with Gasteiger partial charge < -0.3 is 10.2 Å². The molecule has 3 aliphatic carbocycles. The van der Waals surface area contributed by atoms with E-state index in [2.05, 4.69) is 26.5 Å². The first-order valence-corrected chi connectivity index (χ1v) is 12.4. The maximum atomic E-state index is 10.1. The summed E-state index contributed by atoms with van der Waals surface area (Å²) in [6.07, 6.45) is 16.6. The van der Waals surface area contributed by atoms with Crippen LogP contribution >= 0.6 is 0 Å². The van der Waals surface area contributed by atoms with Crippen LogP contribution in [0.1, 0.15) is 105 Å². The van der Waals surface area contributed by atoms with Gasteiger partial charge in [-0.05, 0) is 106 Å². The van der Waals surface area contributed by atoms with Crippen LogP contribution in [0.5, 0.6) is 0 Å². The molecule has 6 atom stereocenters. The molecule has 0 aromatic rings. The summed E-state index contributed by atoms with van der Waals surface area (Å²) in [6, 6.07) is 0. The van der Waals surface area contributed by atoms with Crippen LogP contribution in [0.4, 0.5) is 0 Å². The maximum Gasteiger partial charge on any atom is 0.0784 e. The van der Waals surface area contributed by atoms with E-state index in [4.69, 9.17) is 0 Å². The molecule has 2 N–H and O–H groups in total. The summed E-state index contributed by atoms with van der Waals surface area (Å²) in [5.74, 6) is 3.32. The van der Waals surface area contributed by atoms with E-state index < -0.39 is 5.60 Å². The minimum atomic E-state index is -0.523.